The lowest BCUT2D eigenvalue weighted by atomic mass is 9.86. The third kappa shape index (κ3) is 4.22. The summed E-state index contributed by atoms with van der Waals surface area (Å²) in [5.74, 6) is 0.186. The average molecular weight is 233 g/mol. The minimum absolute atomic E-state index is 0.168. The minimum atomic E-state index is 0.168. The summed E-state index contributed by atoms with van der Waals surface area (Å²) >= 11 is 0. The molecule has 0 aliphatic rings. The van der Waals surface area contributed by atoms with Gasteiger partial charge >= 0.3 is 0 Å². The number of hydrogen-bond acceptors (Lipinski definition) is 1. The SMILES string of the molecule is CN(C)C(=O)CCc1cccc(C(C)(C)C)c1. The summed E-state index contributed by atoms with van der Waals surface area (Å²) < 4.78 is 0. The maximum atomic E-state index is 11.5. The number of benzene rings is 1. The average Bonchev–Trinajstić information content (AvgIpc) is 2.25. The van der Waals surface area contributed by atoms with E-state index in [0.29, 0.717) is 6.42 Å². The summed E-state index contributed by atoms with van der Waals surface area (Å²) in [4.78, 5) is 13.2. The second kappa shape index (κ2) is 5.35. The van der Waals surface area contributed by atoms with Crippen molar-refractivity contribution in [2.75, 3.05) is 14.1 Å². The first kappa shape index (κ1) is 13.8. The van der Waals surface area contributed by atoms with Crippen LogP contribution in [0.1, 0.15) is 38.3 Å². The summed E-state index contributed by atoms with van der Waals surface area (Å²) in [6.07, 6.45) is 1.40. The standard InChI is InChI=1S/C15H23NO/c1-15(2,3)13-8-6-7-12(11-13)9-10-14(17)16(4)5/h6-8,11H,9-10H2,1-5H3. The van der Waals surface area contributed by atoms with Crippen molar-refractivity contribution in [3.05, 3.63) is 35.4 Å². The molecule has 2 nitrogen and oxygen atoms in total. The van der Waals surface area contributed by atoms with Crippen molar-refractivity contribution in [3.8, 4) is 0 Å². The van der Waals surface area contributed by atoms with Crippen LogP contribution in [0.5, 0.6) is 0 Å². The molecule has 0 saturated carbocycles. The molecule has 17 heavy (non-hydrogen) atoms. The predicted molar refractivity (Wildman–Crippen MR) is 72.2 cm³/mol. The Labute approximate surface area is 105 Å². The van der Waals surface area contributed by atoms with Gasteiger partial charge in [-0.1, -0.05) is 45.0 Å². The summed E-state index contributed by atoms with van der Waals surface area (Å²) in [7, 11) is 3.60. The molecule has 1 aromatic rings. The molecule has 0 heterocycles. The van der Waals surface area contributed by atoms with Crippen molar-refractivity contribution in [3.63, 3.8) is 0 Å². The highest BCUT2D eigenvalue weighted by molar-refractivity contribution is 5.75. The zero-order chi connectivity index (χ0) is 13.1. The van der Waals surface area contributed by atoms with Crippen molar-refractivity contribution in [1.82, 2.24) is 4.90 Å². The lowest BCUT2D eigenvalue weighted by Crippen LogP contribution is -2.21. The number of carbonyl (C=O) groups is 1. The van der Waals surface area contributed by atoms with E-state index in [4.69, 9.17) is 0 Å². The Hall–Kier alpha value is -1.31. The van der Waals surface area contributed by atoms with E-state index in [-0.39, 0.29) is 11.3 Å². The summed E-state index contributed by atoms with van der Waals surface area (Å²) in [5, 5.41) is 0. The number of hydrogen-bond donors (Lipinski definition) is 0. The molecule has 0 saturated heterocycles. The van der Waals surface area contributed by atoms with Crippen LogP contribution in [0, 0.1) is 0 Å². The molecule has 0 aliphatic heterocycles. The fraction of sp³-hybridized carbons (Fsp3) is 0.533. The summed E-state index contributed by atoms with van der Waals surface area (Å²) in [6, 6.07) is 8.54. The Morgan fingerprint density at radius 3 is 2.41 bits per heavy atom. The largest absolute Gasteiger partial charge is 0.349 e. The van der Waals surface area contributed by atoms with Gasteiger partial charge in [0.2, 0.25) is 5.91 Å². The van der Waals surface area contributed by atoms with E-state index >= 15 is 0 Å². The van der Waals surface area contributed by atoms with E-state index in [0.717, 1.165) is 6.42 Å². The highest BCUT2D eigenvalue weighted by Gasteiger charge is 2.13. The van der Waals surface area contributed by atoms with Gasteiger partial charge in [-0.2, -0.15) is 0 Å². The second-order valence-corrected chi connectivity index (χ2v) is 5.74. The first-order chi connectivity index (χ1) is 7.80. The predicted octanol–water partition coefficient (Wildman–Crippen LogP) is 3.00. The Morgan fingerprint density at radius 2 is 1.88 bits per heavy atom. The van der Waals surface area contributed by atoms with Crippen molar-refractivity contribution in [1.29, 1.82) is 0 Å². The van der Waals surface area contributed by atoms with E-state index in [1.807, 2.05) is 0 Å². The van der Waals surface area contributed by atoms with Crippen LogP contribution >= 0.6 is 0 Å². The van der Waals surface area contributed by atoms with Crippen molar-refractivity contribution >= 4 is 5.91 Å². The number of rotatable bonds is 3. The molecule has 0 aromatic heterocycles. The quantitative estimate of drug-likeness (QED) is 0.786. The van der Waals surface area contributed by atoms with Crippen molar-refractivity contribution in [2.45, 2.75) is 39.0 Å². The smallest absolute Gasteiger partial charge is 0.222 e. The minimum Gasteiger partial charge on any atom is -0.349 e. The lowest BCUT2D eigenvalue weighted by Gasteiger charge is -2.19. The van der Waals surface area contributed by atoms with E-state index < -0.39 is 0 Å². The zero-order valence-electron chi connectivity index (χ0n) is 11.6. The fourth-order valence-electron chi connectivity index (χ4n) is 1.67. The van der Waals surface area contributed by atoms with Gasteiger partial charge in [-0.3, -0.25) is 4.79 Å². The van der Waals surface area contributed by atoms with Gasteiger partial charge in [0, 0.05) is 20.5 Å². The Balaban J connectivity index is 2.70. The summed E-state index contributed by atoms with van der Waals surface area (Å²) in [6.45, 7) is 6.62. The monoisotopic (exact) mass is 233 g/mol. The van der Waals surface area contributed by atoms with E-state index in [1.165, 1.54) is 11.1 Å². The molecule has 0 unspecified atom stereocenters. The fourth-order valence-corrected chi connectivity index (χ4v) is 1.67. The topological polar surface area (TPSA) is 20.3 Å². The molecule has 0 N–H and O–H groups in total. The number of aryl methyl sites for hydroxylation is 1. The highest BCUT2D eigenvalue weighted by Crippen LogP contribution is 2.23. The van der Waals surface area contributed by atoms with E-state index in [2.05, 4.69) is 45.0 Å². The second-order valence-electron chi connectivity index (χ2n) is 5.74. The van der Waals surface area contributed by atoms with Crippen LogP contribution in [0.15, 0.2) is 24.3 Å². The number of amides is 1. The van der Waals surface area contributed by atoms with Crippen LogP contribution in [0.3, 0.4) is 0 Å². The van der Waals surface area contributed by atoms with Gasteiger partial charge in [0.05, 0.1) is 0 Å². The first-order valence-corrected chi connectivity index (χ1v) is 6.10. The van der Waals surface area contributed by atoms with Crippen LogP contribution in [-0.4, -0.2) is 24.9 Å². The molecular formula is C15H23NO. The van der Waals surface area contributed by atoms with Crippen LogP contribution in [0.2, 0.25) is 0 Å². The molecule has 0 radical (unpaired) electrons. The van der Waals surface area contributed by atoms with Crippen molar-refractivity contribution in [2.24, 2.45) is 0 Å². The van der Waals surface area contributed by atoms with Gasteiger partial charge in [0.25, 0.3) is 0 Å². The molecule has 0 atom stereocenters. The molecule has 0 bridgehead atoms. The zero-order valence-corrected chi connectivity index (χ0v) is 11.6. The maximum absolute atomic E-state index is 11.5. The maximum Gasteiger partial charge on any atom is 0.222 e. The number of carbonyl (C=O) groups excluding carboxylic acids is 1. The van der Waals surface area contributed by atoms with Crippen LogP contribution < -0.4 is 0 Å². The molecule has 1 rings (SSSR count). The summed E-state index contributed by atoms with van der Waals surface area (Å²) in [5.41, 5.74) is 2.74. The Kier molecular flexibility index (Phi) is 4.33. The van der Waals surface area contributed by atoms with Crippen molar-refractivity contribution < 1.29 is 4.79 Å². The molecule has 0 fully saturated rings. The van der Waals surface area contributed by atoms with Gasteiger partial charge in [0.15, 0.2) is 0 Å². The normalized spacial score (nSPS) is 11.4. The first-order valence-electron chi connectivity index (χ1n) is 6.10. The molecule has 1 aromatic carbocycles. The molecule has 0 aliphatic carbocycles. The Morgan fingerprint density at radius 1 is 1.24 bits per heavy atom. The van der Waals surface area contributed by atoms with E-state index in [9.17, 15) is 4.79 Å². The van der Waals surface area contributed by atoms with Gasteiger partial charge in [-0.15, -0.1) is 0 Å². The third-order valence-corrected chi connectivity index (χ3v) is 2.92. The van der Waals surface area contributed by atoms with Gasteiger partial charge in [-0.05, 0) is 23.0 Å². The Bertz CT molecular complexity index is 388. The van der Waals surface area contributed by atoms with E-state index in [1.54, 1.807) is 19.0 Å². The molecular weight excluding hydrogens is 210 g/mol. The molecule has 2 heteroatoms. The van der Waals surface area contributed by atoms with Crippen LogP contribution in [0.4, 0.5) is 0 Å². The van der Waals surface area contributed by atoms with Crippen LogP contribution in [0.25, 0.3) is 0 Å². The highest BCUT2D eigenvalue weighted by atomic mass is 16.2. The molecule has 0 spiro atoms. The number of nitrogens with zero attached hydrogens (tertiary/aromatic N) is 1. The lowest BCUT2D eigenvalue weighted by molar-refractivity contribution is -0.128. The third-order valence-electron chi connectivity index (χ3n) is 2.92. The van der Waals surface area contributed by atoms with Gasteiger partial charge in [0.1, 0.15) is 0 Å². The van der Waals surface area contributed by atoms with Crippen LogP contribution in [-0.2, 0) is 16.6 Å². The van der Waals surface area contributed by atoms with Gasteiger partial charge < -0.3 is 4.90 Å². The van der Waals surface area contributed by atoms with Gasteiger partial charge in [-0.25, -0.2) is 0 Å². The molecule has 94 valence electrons. The molecule has 1 amide bonds.